The van der Waals surface area contributed by atoms with E-state index in [9.17, 15) is 9.59 Å². The molecule has 3 aliphatic heterocycles. The third-order valence-corrected chi connectivity index (χ3v) is 7.10. The van der Waals surface area contributed by atoms with Gasteiger partial charge in [-0.1, -0.05) is 41.6 Å². The van der Waals surface area contributed by atoms with Crippen molar-refractivity contribution < 1.29 is 19.1 Å². The van der Waals surface area contributed by atoms with Gasteiger partial charge in [0.05, 0.1) is 36.9 Å². The van der Waals surface area contributed by atoms with E-state index < -0.39 is 11.6 Å². The van der Waals surface area contributed by atoms with Crippen LogP contribution < -0.4 is 5.32 Å². The second kappa shape index (κ2) is 11.2. The molecule has 0 aromatic heterocycles. The average Bonchev–Trinajstić information content (AvgIpc) is 3.20. The van der Waals surface area contributed by atoms with Gasteiger partial charge in [0.2, 0.25) is 5.91 Å². The van der Waals surface area contributed by atoms with E-state index >= 15 is 0 Å². The van der Waals surface area contributed by atoms with E-state index in [-0.39, 0.29) is 18.3 Å². The first-order valence-corrected chi connectivity index (χ1v) is 13.3. The monoisotopic (exact) mass is 512 g/mol. The van der Waals surface area contributed by atoms with Crippen LogP contribution in [0.2, 0.25) is 0 Å². The molecule has 9 heteroatoms. The number of nitrogens with one attached hydrogen (secondary N) is 1. The standard InChI is InChI=1S/C27H36N4O4S/c1-18-6-8-20(9-7-18)24-23(25(33)35-27(3,4)5)19(2)29-26-31(24)21(17-36-26)16-22(32)28-10-11-30-12-14-34-15-13-30/h6-9,17,24H,10-16H2,1-5H3,(H,28,32). The van der Waals surface area contributed by atoms with Crippen molar-refractivity contribution >= 4 is 28.8 Å². The average molecular weight is 513 g/mol. The number of rotatable bonds is 7. The Kier molecular flexibility index (Phi) is 8.22. The van der Waals surface area contributed by atoms with Crippen LogP contribution >= 0.6 is 11.8 Å². The number of amides is 1. The van der Waals surface area contributed by atoms with Gasteiger partial charge in [-0.05, 0) is 45.6 Å². The van der Waals surface area contributed by atoms with E-state index in [1.165, 1.54) is 11.8 Å². The molecular formula is C27H36N4O4S. The fourth-order valence-corrected chi connectivity index (χ4v) is 5.40. The lowest BCUT2D eigenvalue weighted by molar-refractivity contribution is -0.150. The Morgan fingerprint density at radius 1 is 1.17 bits per heavy atom. The zero-order valence-corrected chi connectivity index (χ0v) is 22.6. The summed E-state index contributed by atoms with van der Waals surface area (Å²) in [5.41, 5.74) is 3.41. The van der Waals surface area contributed by atoms with Crippen molar-refractivity contribution in [1.82, 2.24) is 15.1 Å². The summed E-state index contributed by atoms with van der Waals surface area (Å²) in [6.45, 7) is 14.1. The maximum absolute atomic E-state index is 13.4. The highest BCUT2D eigenvalue weighted by Crippen LogP contribution is 2.45. The molecule has 1 aromatic rings. The van der Waals surface area contributed by atoms with Gasteiger partial charge in [0.25, 0.3) is 0 Å². The lowest BCUT2D eigenvalue weighted by Crippen LogP contribution is -2.42. The van der Waals surface area contributed by atoms with Crippen molar-refractivity contribution in [2.45, 2.75) is 52.7 Å². The van der Waals surface area contributed by atoms with Crippen molar-refractivity contribution in [3.63, 3.8) is 0 Å². The van der Waals surface area contributed by atoms with Gasteiger partial charge in [0.1, 0.15) is 5.60 Å². The number of amidine groups is 1. The normalized spacial score (nSPS) is 20.6. The number of nitrogens with zero attached hydrogens (tertiary/aromatic N) is 3. The molecule has 3 heterocycles. The third kappa shape index (κ3) is 6.38. The minimum atomic E-state index is -0.634. The summed E-state index contributed by atoms with van der Waals surface area (Å²) in [5.74, 6) is -0.441. The number of fused-ring (bicyclic) bond motifs is 1. The van der Waals surface area contributed by atoms with E-state index in [0.29, 0.717) is 17.8 Å². The van der Waals surface area contributed by atoms with E-state index in [1.807, 2.05) is 69.2 Å². The van der Waals surface area contributed by atoms with Gasteiger partial charge in [-0.25, -0.2) is 9.79 Å². The number of thioether (sulfide) groups is 1. The molecule has 3 aliphatic rings. The third-order valence-electron chi connectivity index (χ3n) is 6.21. The number of aliphatic imine (C=N–C) groups is 1. The number of hydrogen-bond acceptors (Lipinski definition) is 8. The Morgan fingerprint density at radius 3 is 2.53 bits per heavy atom. The molecule has 1 atom stereocenters. The molecule has 1 N–H and O–H groups in total. The molecular weight excluding hydrogens is 476 g/mol. The molecule has 0 bridgehead atoms. The van der Waals surface area contributed by atoms with Gasteiger partial charge in [-0.2, -0.15) is 0 Å². The van der Waals surface area contributed by atoms with Crippen LogP contribution in [0, 0.1) is 6.92 Å². The SMILES string of the molecule is CC1=C(C(=O)OC(C)(C)C)C(c2ccc(C)cc2)N2C(CC(=O)NCCN3CCOCC3)=CSC2=N1. The molecule has 1 aromatic carbocycles. The quantitative estimate of drug-likeness (QED) is 0.557. The maximum Gasteiger partial charge on any atom is 0.338 e. The maximum atomic E-state index is 13.4. The van der Waals surface area contributed by atoms with Gasteiger partial charge < -0.3 is 19.7 Å². The summed E-state index contributed by atoms with van der Waals surface area (Å²) >= 11 is 1.48. The van der Waals surface area contributed by atoms with Crippen LogP contribution in [-0.2, 0) is 19.1 Å². The summed E-state index contributed by atoms with van der Waals surface area (Å²) in [6, 6.07) is 7.71. The number of carbonyl (C=O) groups is 2. The molecule has 0 radical (unpaired) electrons. The van der Waals surface area contributed by atoms with E-state index in [1.54, 1.807) is 0 Å². The van der Waals surface area contributed by atoms with Gasteiger partial charge in [0, 0.05) is 31.9 Å². The Bertz CT molecular complexity index is 1080. The number of morpholine rings is 1. The van der Waals surface area contributed by atoms with Crippen molar-refractivity contribution in [3.05, 3.63) is 57.8 Å². The molecule has 1 fully saturated rings. The largest absolute Gasteiger partial charge is 0.456 e. The number of allylic oxidation sites excluding steroid dienone is 1. The Labute approximate surface area is 217 Å². The molecule has 1 amide bonds. The molecule has 1 unspecified atom stereocenters. The van der Waals surface area contributed by atoms with Crippen LogP contribution in [0.3, 0.4) is 0 Å². The molecule has 0 saturated carbocycles. The Hall–Kier alpha value is -2.62. The number of hydrogen-bond donors (Lipinski definition) is 1. The second-order valence-corrected chi connectivity index (χ2v) is 11.1. The highest BCUT2D eigenvalue weighted by molar-refractivity contribution is 8.16. The zero-order chi connectivity index (χ0) is 25.9. The van der Waals surface area contributed by atoms with E-state index in [0.717, 1.165) is 54.8 Å². The molecule has 1 saturated heterocycles. The topological polar surface area (TPSA) is 83.5 Å². The zero-order valence-electron chi connectivity index (χ0n) is 21.8. The number of ether oxygens (including phenoxy) is 2. The van der Waals surface area contributed by atoms with Gasteiger partial charge in [0.15, 0.2) is 5.17 Å². The molecule has 194 valence electrons. The van der Waals surface area contributed by atoms with E-state index in [4.69, 9.17) is 14.5 Å². The van der Waals surface area contributed by atoms with Crippen LogP contribution in [0.4, 0.5) is 0 Å². The van der Waals surface area contributed by atoms with Crippen molar-refractivity contribution in [2.75, 3.05) is 39.4 Å². The summed E-state index contributed by atoms with van der Waals surface area (Å²) in [4.78, 5) is 35.3. The van der Waals surface area contributed by atoms with Crippen molar-refractivity contribution in [2.24, 2.45) is 4.99 Å². The van der Waals surface area contributed by atoms with Gasteiger partial charge >= 0.3 is 5.97 Å². The Balaban J connectivity index is 1.54. The van der Waals surface area contributed by atoms with Crippen LogP contribution in [-0.4, -0.2) is 71.8 Å². The first-order chi connectivity index (χ1) is 17.1. The predicted octanol–water partition coefficient (Wildman–Crippen LogP) is 3.75. The number of esters is 1. The summed E-state index contributed by atoms with van der Waals surface area (Å²) in [7, 11) is 0. The number of benzene rings is 1. The van der Waals surface area contributed by atoms with Crippen LogP contribution in [0.1, 0.15) is 51.3 Å². The van der Waals surface area contributed by atoms with Crippen molar-refractivity contribution in [3.8, 4) is 0 Å². The molecule has 36 heavy (non-hydrogen) atoms. The Morgan fingerprint density at radius 2 is 1.86 bits per heavy atom. The molecule has 8 nitrogen and oxygen atoms in total. The fraction of sp³-hybridized carbons (Fsp3) is 0.519. The predicted molar refractivity (Wildman–Crippen MR) is 142 cm³/mol. The second-order valence-electron chi connectivity index (χ2n) is 10.3. The molecule has 0 aliphatic carbocycles. The number of aryl methyl sites for hydroxylation is 1. The minimum absolute atomic E-state index is 0.0518. The lowest BCUT2D eigenvalue weighted by Gasteiger charge is -2.37. The van der Waals surface area contributed by atoms with Crippen molar-refractivity contribution in [1.29, 1.82) is 0 Å². The summed E-state index contributed by atoms with van der Waals surface area (Å²) < 4.78 is 11.2. The highest BCUT2D eigenvalue weighted by atomic mass is 32.2. The number of carbonyl (C=O) groups excluding carboxylic acids is 2. The van der Waals surface area contributed by atoms with Gasteiger partial charge in [-0.3, -0.25) is 9.69 Å². The van der Waals surface area contributed by atoms with E-state index in [2.05, 4.69) is 10.2 Å². The first-order valence-electron chi connectivity index (χ1n) is 12.4. The van der Waals surface area contributed by atoms with Gasteiger partial charge in [-0.15, -0.1) is 0 Å². The molecule has 4 rings (SSSR count). The first kappa shape index (κ1) is 26.4. The van der Waals surface area contributed by atoms with Crippen LogP contribution in [0.15, 0.2) is 51.6 Å². The van der Waals surface area contributed by atoms with Crippen LogP contribution in [0.25, 0.3) is 0 Å². The lowest BCUT2D eigenvalue weighted by atomic mass is 9.93. The minimum Gasteiger partial charge on any atom is -0.456 e. The smallest absolute Gasteiger partial charge is 0.338 e. The van der Waals surface area contributed by atoms with Crippen LogP contribution in [0.5, 0.6) is 0 Å². The summed E-state index contributed by atoms with van der Waals surface area (Å²) in [6.07, 6.45) is 0.206. The molecule has 0 spiro atoms. The highest BCUT2D eigenvalue weighted by Gasteiger charge is 2.41. The summed E-state index contributed by atoms with van der Waals surface area (Å²) in [5, 5.41) is 5.78. The fourth-order valence-electron chi connectivity index (χ4n) is 4.43.